The number of carbonyl (C=O) groups excluding carboxylic acids is 1. The predicted molar refractivity (Wildman–Crippen MR) is 112 cm³/mol. The average Bonchev–Trinajstić information content (AvgIpc) is 3.49. The summed E-state index contributed by atoms with van der Waals surface area (Å²) in [6.45, 7) is 4.36. The smallest absolute Gasteiger partial charge is 0.257 e. The fourth-order valence-corrected chi connectivity index (χ4v) is 5.07. The van der Waals surface area contributed by atoms with Crippen LogP contribution in [-0.4, -0.2) is 51.7 Å². The van der Waals surface area contributed by atoms with Crippen molar-refractivity contribution >= 4 is 5.91 Å². The number of halogens is 1. The maximum Gasteiger partial charge on any atom is 0.257 e. The molecule has 0 spiro atoms. The molecule has 2 fully saturated rings. The van der Waals surface area contributed by atoms with E-state index in [1.54, 1.807) is 24.4 Å². The highest BCUT2D eigenvalue weighted by Crippen LogP contribution is 2.45. The summed E-state index contributed by atoms with van der Waals surface area (Å²) in [6.07, 6.45) is 3.79. The molecule has 154 valence electrons. The van der Waals surface area contributed by atoms with Crippen molar-refractivity contribution in [2.75, 3.05) is 26.2 Å². The number of likely N-dealkylation sites (tertiary alicyclic amines) is 2. The highest BCUT2D eigenvalue weighted by molar-refractivity contribution is 5.95. The van der Waals surface area contributed by atoms with Crippen LogP contribution in [0, 0.1) is 17.7 Å². The minimum Gasteiger partial charge on any atom is -0.331 e. The van der Waals surface area contributed by atoms with Gasteiger partial charge in [0.15, 0.2) is 0 Å². The molecule has 3 heterocycles. The quantitative estimate of drug-likeness (QED) is 0.654. The summed E-state index contributed by atoms with van der Waals surface area (Å²) in [7, 11) is 0. The molecule has 0 aliphatic carbocycles. The number of carbonyl (C=O) groups is 1. The van der Waals surface area contributed by atoms with Crippen molar-refractivity contribution < 1.29 is 9.18 Å². The van der Waals surface area contributed by atoms with Crippen molar-refractivity contribution in [2.45, 2.75) is 12.6 Å². The number of fused-ring (bicyclic) bond motifs is 1. The molecule has 2 aromatic carbocycles. The fraction of sp³-hybridized carbons (Fsp3) is 0.333. The first-order chi connectivity index (χ1) is 14.7. The van der Waals surface area contributed by atoms with Crippen molar-refractivity contribution in [3.8, 4) is 0 Å². The van der Waals surface area contributed by atoms with Gasteiger partial charge in [0.2, 0.25) is 0 Å². The summed E-state index contributed by atoms with van der Waals surface area (Å²) in [5.74, 6) is 0.0796. The third-order valence-corrected chi connectivity index (χ3v) is 6.45. The van der Waals surface area contributed by atoms with Crippen molar-refractivity contribution in [3.05, 3.63) is 90.0 Å². The number of nitrogens with zero attached hydrogens (tertiary/aromatic N) is 4. The van der Waals surface area contributed by atoms with Crippen LogP contribution in [0.2, 0.25) is 0 Å². The predicted octanol–water partition coefficient (Wildman–Crippen LogP) is 3.47. The van der Waals surface area contributed by atoms with E-state index < -0.39 is 5.82 Å². The molecule has 1 aromatic heterocycles. The molecular formula is C24H25FN4O. The van der Waals surface area contributed by atoms with Gasteiger partial charge in [-0.3, -0.25) is 9.48 Å². The van der Waals surface area contributed by atoms with E-state index in [1.807, 2.05) is 40.0 Å². The molecule has 5 rings (SSSR count). The summed E-state index contributed by atoms with van der Waals surface area (Å²) >= 11 is 0. The van der Waals surface area contributed by atoms with E-state index >= 15 is 0 Å². The largest absolute Gasteiger partial charge is 0.331 e. The van der Waals surface area contributed by atoms with Gasteiger partial charge in [-0.2, -0.15) is 5.10 Å². The van der Waals surface area contributed by atoms with Crippen LogP contribution in [0.3, 0.4) is 0 Å². The van der Waals surface area contributed by atoms with Gasteiger partial charge in [0.05, 0.1) is 18.2 Å². The second kappa shape index (κ2) is 8.03. The molecule has 5 nitrogen and oxygen atoms in total. The van der Waals surface area contributed by atoms with Gasteiger partial charge in [-0.15, -0.1) is 0 Å². The molecule has 0 radical (unpaired) electrons. The molecule has 6 heteroatoms. The van der Waals surface area contributed by atoms with Crippen LogP contribution in [0.15, 0.2) is 73.1 Å². The van der Waals surface area contributed by atoms with Crippen molar-refractivity contribution in [1.29, 1.82) is 0 Å². The van der Waals surface area contributed by atoms with Crippen LogP contribution in [0.4, 0.5) is 4.39 Å². The molecule has 0 N–H and O–H groups in total. The van der Waals surface area contributed by atoms with Gasteiger partial charge in [-0.05, 0) is 29.7 Å². The van der Waals surface area contributed by atoms with Crippen molar-refractivity contribution in [1.82, 2.24) is 19.6 Å². The van der Waals surface area contributed by atoms with Crippen molar-refractivity contribution in [2.24, 2.45) is 11.8 Å². The molecule has 3 atom stereocenters. The number of amides is 1. The Morgan fingerprint density at radius 2 is 1.77 bits per heavy atom. The Bertz CT molecular complexity index is 1010. The molecule has 2 saturated heterocycles. The maximum absolute atomic E-state index is 14.3. The van der Waals surface area contributed by atoms with E-state index in [1.165, 1.54) is 6.07 Å². The fourth-order valence-electron chi connectivity index (χ4n) is 5.07. The summed E-state index contributed by atoms with van der Waals surface area (Å²) in [5, 5.41) is 4.29. The van der Waals surface area contributed by atoms with E-state index in [9.17, 15) is 9.18 Å². The van der Waals surface area contributed by atoms with Crippen LogP contribution in [0.25, 0.3) is 0 Å². The SMILES string of the molecule is O=C(c1ccccc1F)N1C[C@@H]2CN(CCn3cccn3)C[C@@H]2[C@H]1c1ccccc1. The van der Waals surface area contributed by atoms with Crippen LogP contribution in [0.1, 0.15) is 22.0 Å². The van der Waals surface area contributed by atoms with E-state index in [4.69, 9.17) is 0 Å². The Morgan fingerprint density at radius 1 is 0.967 bits per heavy atom. The summed E-state index contributed by atoms with van der Waals surface area (Å²) < 4.78 is 16.3. The Labute approximate surface area is 175 Å². The standard InChI is InChI=1S/C24H25FN4O/c25-22-10-5-4-9-20(22)24(30)29-16-19-15-27(13-14-28-12-6-11-26-28)17-21(19)23(29)18-7-2-1-3-8-18/h1-12,19,21,23H,13-17H2/t19-,21-,23+/m0/s1. The topological polar surface area (TPSA) is 41.4 Å². The first-order valence-corrected chi connectivity index (χ1v) is 10.5. The minimum atomic E-state index is -0.452. The molecule has 30 heavy (non-hydrogen) atoms. The van der Waals surface area contributed by atoms with E-state index in [-0.39, 0.29) is 17.5 Å². The van der Waals surface area contributed by atoms with Gasteiger partial charge in [0.25, 0.3) is 5.91 Å². The number of rotatable bonds is 5. The van der Waals surface area contributed by atoms with E-state index in [2.05, 4.69) is 22.1 Å². The number of hydrogen-bond acceptors (Lipinski definition) is 3. The Hall–Kier alpha value is -2.99. The number of benzene rings is 2. The molecule has 0 saturated carbocycles. The zero-order valence-electron chi connectivity index (χ0n) is 16.8. The Morgan fingerprint density at radius 3 is 2.53 bits per heavy atom. The third-order valence-electron chi connectivity index (χ3n) is 6.45. The summed E-state index contributed by atoms with van der Waals surface area (Å²) in [6, 6.07) is 18.4. The average molecular weight is 404 g/mol. The van der Waals surface area contributed by atoms with Gasteiger partial charge in [0, 0.05) is 44.5 Å². The maximum atomic E-state index is 14.3. The van der Waals surface area contributed by atoms with Crippen LogP contribution >= 0.6 is 0 Å². The Kier molecular flexibility index (Phi) is 5.09. The number of hydrogen-bond donors (Lipinski definition) is 0. The lowest BCUT2D eigenvalue weighted by Crippen LogP contribution is -2.36. The number of aromatic nitrogens is 2. The van der Waals surface area contributed by atoms with Gasteiger partial charge in [-0.25, -0.2) is 4.39 Å². The molecule has 2 aliphatic heterocycles. The van der Waals surface area contributed by atoms with Crippen LogP contribution in [-0.2, 0) is 6.54 Å². The second-order valence-corrected chi connectivity index (χ2v) is 8.25. The van der Waals surface area contributed by atoms with Gasteiger partial charge in [0.1, 0.15) is 5.82 Å². The molecule has 0 bridgehead atoms. The normalized spacial score (nSPS) is 23.6. The van der Waals surface area contributed by atoms with Crippen molar-refractivity contribution in [3.63, 3.8) is 0 Å². The Balaban J connectivity index is 1.38. The lowest BCUT2D eigenvalue weighted by molar-refractivity contribution is 0.0695. The summed E-state index contributed by atoms with van der Waals surface area (Å²) in [4.78, 5) is 17.7. The lowest BCUT2D eigenvalue weighted by atomic mass is 9.89. The zero-order chi connectivity index (χ0) is 20.5. The van der Waals surface area contributed by atoms with Crippen LogP contribution < -0.4 is 0 Å². The van der Waals surface area contributed by atoms with E-state index in [0.717, 1.165) is 31.7 Å². The lowest BCUT2D eigenvalue weighted by Gasteiger charge is -2.30. The molecule has 3 aromatic rings. The minimum absolute atomic E-state index is 0.0296. The monoisotopic (exact) mass is 404 g/mol. The molecule has 2 aliphatic rings. The molecule has 1 amide bonds. The van der Waals surface area contributed by atoms with E-state index in [0.29, 0.717) is 18.4 Å². The first kappa shape index (κ1) is 19.0. The second-order valence-electron chi connectivity index (χ2n) is 8.25. The highest BCUT2D eigenvalue weighted by Gasteiger charge is 2.49. The highest BCUT2D eigenvalue weighted by atomic mass is 19.1. The van der Waals surface area contributed by atoms with Gasteiger partial charge in [-0.1, -0.05) is 42.5 Å². The van der Waals surface area contributed by atoms with Gasteiger partial charge >= 0.3 is 0 Å². The molecular weight excluding hydrogens is 379 g/mol. The zero-order valence-corrected chi connectivity index (χ0v) is 16.8. The molecule has 0 unspecified atom stereocenters. The van der Waals surface area contributed by atoms with Crippen LogP contribution in [0.5, 0.6) is 0 Å². The summed E-state index contributed by atoms with van der Waals surface area (Å²) in [5.41, 5.74) is 1.29. The third kappa shape index (κ3) is 3.52. The first-order valence-electron chi connectivity index (χ1n) is 10.5. The van der Waals surface area contributed by atoms with Gasteiger partial charge < -0.3 is 9.80 Å².